The number of benzene rings is 2. The first-order chi connectivity index (χ1) is 15.4. The number of rotatable bonds is 8. The van der Waals surface area contributed by atoms with Gasteiger partial charge in [0.05, 0.1) is 23.4 Å². The Balaban J connectivity index is 1.43. The van der Waals surface area contributed by atoms with Crippen molar-refractivity contribution in [1.82, 2.24) is 10.2 Å². The predicted octanol–water partition coefficient (Wildman–Crippen LogP) is 4.33. The van der Waals surface area contributed by atoms with Crippen LogP contribution in [0.5, 0.6) is 5.75 Å². The summed E-state index contributed by atoms with van der Waals surface area (Å²) in [6.45, 7) is 6.31. The molecule has 1 aliphatic rings. The SMILES string of the molecule is CCOc1ccc(S(=O)(=O)Nc2ccc(Nc3cc(N4CCCC4)cnn3)cc2)cc1C. The number of anilines is 4. The van der Waals surface area contributed by atoms with Gasteiger partial charge in [-0.15, -0.1) is 5.10 Å². The van der Waals surface area contributed by atoms with Crippen molar-refractivity contribution in [1.29, 1.82) is 0 Å². The number of hydrogen-bond acceptors (Lipinski definition) is 7. The molecule has 2 heterocycles. The lowest BCUT2D eigenvalue weighted by Crippen LogP contribution is -2.18. The van der Waals surface area contributed by atoms with E-state index in [4.69, 9.17) is 4.74 Å². The first-order valence-electron chi connectivity index (χ1n) is 10.7. The highest BCUT2D eigenvalue weighted by atomic mass is 32.2. The van der Waals surface area contributed by atoms with Crippen LogP contribution < -0.4 is 19.7 Å². The minimum atomic E-state index is -3.71. The lowest BCUT2D eigenvalue weighted by molar-refractivity contribution is 0.337. The predicted molar refractivity (Wildman–Crippen MR) is 126 cm³/mol. The fourth-order valence-electron chi connectivity index (χ4n) is 3.66. The molecule has 32 heavy (non-hydrogen) atoms. The Hall–Kier alpha value is -3.33. The van der Waals surface area contributed by atoms with Crippen molar-refractivity contribution in [2.75, 3.05) is 34.6 Å². The summed E-state index contributed by atoms with van der Waals surface area (Å²) in [6.07, 6.45) is 4.16. The van der Waals surface area contributed by atoms with Crippen LogP contribution in [0.3, 0.4) is 0 Å². The molecule has 0 amide bonds. The summed E-state index contributed by atoms with van der Waals surface area (Å²) >= 11 is 0. The quantitative estimate of drug-likeness (QED) is 0.524. The highest BCUT2D eigenvalue weighted by Gasteiger charge is 2.16. The Bertz CT molecular complexity index is 1180. The molecule has 0 spiro atoms. The molecule has 1 aliphatic heterocycles. The molecule has 0 radical (unpaired) electrons. The third-order valence-corrected chi connectivity index (χ3v) is 6.66. The first-order valence-corrected chi connectivity index (χ1v) is 12.1. The van der Waals surface area contributed by atoms with Gasteiger partial charge >= 0.3 is 0 Å². The molecular formula is C23H27N5O3S. The van der Waals surface area contributed by atoms with E-state index in [1.807, 2.05) is 19.9 Å². The van der Waals surface area contributed by atoms with Crippen molar-refractivity contribution in [2.24, 2.45) is 0 Å². The van der Waals surface area contributed by atoms with Crippen molar-refractivity contribution in [3.8, 4) is 5.75 Å². The first kappa shape index (κ1) is 21.9. The molecule has 168 valence electrons. The second-order valence-corrected chi connectivity index (χ2v) is 9.34. The standard InChI is InChI=1S/C23H27N5O3S/c1-3-31-22-11-10-21(14-17(22)2)32(29,30)27-19-8-6-18(7-9-19)25-23-15-20(16-24-26-23)28-12-4-5-13-28/h6-11,14-16,27H,3-5,12-13H2,1-2H3,(H,25,26). The summed E-state index contributed by atoms with van der Waals surface area (Å²) in [4.78, 5) is 2.48. The molecule has 2 N–H and O–H groups in total. The van der Waals surface area contributed by atoms with Crippen LogP contribution in [0.4, 0.5) is 22.9 Å². The van der Waals surface area contributed by atoms with E-state index in [-0.39, 0.29) is 4.90 Å². The van der Waals surface area contributed by atoms with E-state index in [9.17, 15) is 8.42 Å². The van der Waals surface area contributed by atoms with Gasteiger partial charge in [0.25, 0.3) is 10.0 Å². The third kappa shape index (κ3) is 5.11. The molecule has 9 heteroatoms. The van der Waals surface area contributed by atoms with Crippen LogP contribution in [0.2, 0.25) is 0 Å². The van der Waals surface area contributed by atoms with Crippen molar-refractivity contribution in [3.63, 3.8) is 0 Å². The number of aryl methyl sites for hydroxylation is 1. The minimum absolute atomic E-state index is 0.189. The number of nitrogens with zero attached hydrogens (tertiary/aromatic N) is 3. The van der Waals surface area contributed by atoms with E-state index in [0.29, 0.717) is 23.9 Å². The van der Waals surface area contributed by atoms with Crippen molar-refractivity contribution in [3.05, 3.63) is 60.3 Å². The average Bonchev–Trinajstić information content (AvgIpc) is 3.32. The third-order valence-electron chi connectivity index (χ3n) is 5.28. The van der Waals surface area contributed by atoms with E-state index < -0.39 is 10.0 Å². The molecule has 0 aliphatic carbocycles. The fraction of sp³-hybridized carbons (Fsp3) is 0.304. The summed E-state index contributed by atoms with van der Waals surface area (Å²) in [6, 6.07) is 13.8. The topological polar surface area (TPSA) is 96.5 Å². The van der Waals surface area contributed by atoms with Gasteiger partial charge in [0, 0.05) is 30.5 Å². The molecule has 1 saturated heterocycles. The van der Waals surface area contributed by atoms with E-state index in [1.54, 1.807) is 48.7 Å². The number of sulfonamides is 1. The van der Waals surface area contributed by atoms with Crippen molar-refractivity contribution < 1.29 is 13.2 Å². The maximum absolute atomic E-state index is 12.8. The molecule has 2 aromatic carbocycles. The van der Waals surface area contributed by atoms with Crippen molar-refractivity contribution >= 4 is 32.9 Å². The Morgan fingerprint density at radius 2 is 1.75 bits per heavy atom. The summed E-state index contributed by atoms with van der Waals surface area (Å²) in [5.41, 5.74) is 3.08. The van der Waals surface area contributed by atoms with Crippen LogP contribution in [-0.4, -0.2) is 38.3 Å². The maximum Gasteiger partial charge on any atom is 0.261 e. The number of hydrogen-bond donors (Lipinski definition) is 2. The summed E-state index contributed by atoms with van der Waals surface area (Å²) in [5, 5.41) is 11.5. The van der Waals surface area contributed by atoms with Crippen LogP contribution in [0.15, 0.2) is 59.6 Å². The Kier molecular flexibility index (Phi) is 6.45. The van der Waals surface area contributed by atoms with E-state index >= 15 is 0 Å². The van der Waals surface area contributed by atoms with Crippen LogP contribution >= 0.6 is 0 Å². The normalized spacial score (nSPS) is 13.8. The van der Waals surface area contributed by atoms with Gasteiger partial charge in [-0.3, -0.25) is 4.72 Å². The van der Waals surface area contributed by atoms with E-state index in [0.717, 1.165) is 30.0 Å². The lowest BCUT2D eigenvalue weighted by Gasteiger charge is -2.17. The van der Waals surface area contributed by atoms with Gasteiger partial charge in [0.2, 0.25) is 0 Å². The highest BCUT2D eigenvalue weighted by Crippen LogP contribution is 2.26. The zero-order valence-electron chi connectivity index (χ0n) is 18.2. The van der Waals surface area contributed by atoms with Gasteiger partial charge < -0.3 is 15.0 Å². The van der Waals surface area contributed by atoms with Crippen molar-refractivity contribution in [2.45, 2.75) is 31.6 Å². The Labute approximate surface area is 188 Å². The van der Waals surface area contributed by atoms with E-state index in [1.165, 1.54) is 12.8 Å². The Morgan fingerprint density at radius 3 is 2.44 bits per heavy atom. The van der Waals surface area contributed by atoms with Crippen LogP contribution in [0.25, 0.3) is 0 Å². The van der Waals surface area contributed by atoms with Gasteiger partial charge in [-0.05, 0) is 74.7 Å². The van der Waals surface area contributed by atoms with Gasteiger partial charge in [-0.1, -0.05) is 0 Å². The molecule has 1 fully saturated rings. The van der Waals surface area contributed by atoms with Gasteiger partial charge in [-0.2, -0.15) is 5.10 Å². The van der Waals surface area contributed by atoms with E-state index in [2.05, 4.69) is 25.1 Å². The summed E-state index contributed by atoms with van der Waals surface area (Å²) < 4.78 is 33.6. The lowest BCUT2D eigenvalue weighted by atomic mass is 10.2. The zero-order chi connectivity index (χ0) is 22.6. The molecule has 8 nitrogen and oxygen atoms in total. The number of aromatic nitrogens is 2. The molecule has 1 aromatic heterocycles. The smallest absolute Gasteiger partial charge is 0.261 e. The van der Waals surface area contributed by atoms with Crippen LogP contribution in [-0.2, 0) is 10.0 Å². The summed E-state index contributed by atoms with van der Waals surface area (Å²) in [5.74, 6) is 1.33. The van der Waals surface area contributed by atoms with Gasteiger partial charge in [-0.25, -0.2) is 8.42 Å². The second-order valence-electron chi connectivity index (χ2n) is 7.66. The van der Waals surface area contributed by atoms with Crippen LogP contribution in [0, 0.1) is 6.92 Å². The average molecular weight is 454 g/mol. The van der Waals surface area contributed by atoms with Gasteiger partial charge in [0.15, 0.2) is 5.82 Å². The molecular weight excluding hydrogens is 426 g/mol. The minimum Gasteiger partial charge on any atom is -0.494 e. The molecule has 3 aromatic rings. The molecule has 4 rings (SSSR count). The second kappa shape index (κ2) is 9.44. The largest absolute Gasteiger partial charge is 0.494 e. The molecule has 0 saturated carbocycles. The molecule has 0 unspecified atom stereocenters. The highest BCUT2D eigenvalue weighted by molar-refractivity contribution is 7.92. The summed E-state index contributed by atoms with van der Waals surface area (Å²) in [7, 11) is -3.71. The monoisotopic (exact) mass is 453 g/mol. The van der Waals surface area contributed by atoms with Crippen LogP contribution in [0.1, 0.15) is 25.3 Å². The molecule has 0 atom stereocenters. The maximum atomic E-state index is 12.8. The van der Waals surface area contributed by atoms with Gasteiger partial charge in [0.1, 0.15) is 5.75 Å². The number of ether oxygens (including phenoxy) is 1. The Morgan fingerprint density at radius 1 is 1.03 bits per heavy atom. The zero-order valence-corrected chi connectivity index (χ0v) is 19.0. The number of nitrogens with one attached hydrogen (secondary N) is 2. The fourth-order valence-corrected chi connectivity index (χ4v) is 4.80. The molecule has 0 bridgehead atoms.